The van der Waals surface area contributed by atoms with E-state index < -0.39 is 4.92 Å². The van der Waals surface area contributed by atoms with Crippen molar-refractivity contribution in [2.45, 2.75) is 0 Å². The molecule has 1 N–H and O–H groups in total. The van der Waals surface area contributed by atoms with E-state index in [0.717, 1.165) is 32.4 Å². The van der Waals surface area contributed by atoms with Crippen LogP contribution in [0.2, 0.25) is 0 Å². The Labute approximate surface area is 110 Å². The standard InChI is InChI=1S/C11H14N6O2/c1-15-2-4-16(5-3-15)14-11-9(7-12)6-10(8-13-11)17(18)19/h6,8H,2-5H2,1H3,(H,13,14). The zero-order chi connectivity index (χ0) is 13.8. The van der Waals surface area contributed by atoms with Gasteiger partial charge in [0.2, 0.25) is 0 Å². The Balaban J connectivity index is 2.12. The Kier molecular flexibility index (Phi) is 3.89. The number of pyridine rings is 1. The summed E-state index contributed by atoms with van der Waals surface area (Å²) in [6.07, 6.45) is 1.15. The lowest BCUT2D eigenvalue weighted by atomic mass is 10.2. The summed E-state index contributed by atoms with van der Waals surface area (Å²) >= 11 is 0. The predicted octanol–water partition coefficient (Wildman–Crippen LogP) is 0.436. The number of nitriles is 1. The third-order valence-corrected chi connectivity index (χ3v) is 2.97. The minimum absolute atomic E-state index is 0.174. The highest BCUT2D eigenvalue weighted by molar-refractivity contribution is 5.55. The second kappa shape index (κ2) is 5.60. The van der Waals surface area contributed by atoms with Gasteiger partial charge in [-0.2, -0.15) is 5.26 Å². The maximum atomic E-state index is 10.6. The van der Waals surface area contributed by atoms with Crippen LogP contribution in [0.5, 0.6) is 0 Å². The van der Waals surface area contributed by atoms with Gasteiger partial charge in [0.25, 0.3) is 5.69 Å². The van der Waals surface area contributed by atoms with Crippen molar-refractivity contribution in [3.63, 3.8) is 0 Å². The second-order valence-electron chi connectivity index (χ2n) is 4.36. The molecule has 0 unspecified atom stereocenters. The minimum atomic E-state index is -0.562. The number of nitrogens with zero attached hydrogens (tertiary/aromatic N) is 5. The molecule has 0 amide bonds. The average Bonchev–Trinajstić information content (AvgIpc) is 2.41. The number of piperazine rings is 1. The van der Waals surface area contributed by atoms with E-state index in [1.165, 1.54) is 6.07 Å². The van der Waals surface area contributed by atoms with Gasteiger partial charge < -0.3 is 10.3 Å². The van der Waals surface area contributed by atoms with Crippen molar-refractivity contribution >= 4 is 11.5 Å². The fourth-order valence-corrected chi connectivity index (χ4v) is 1.80. The average molecular weight is 262 g/mol. The number of nitrogens with one attached hydrogen (secondary N) is 1. The lowest BCUT2D eigenvalue weighted by Crippen LogP contribution is -2.47. The molecule has 0 saturated carbocycles. The first-order chi connectivity index (χ1) is 9.10. The first kappa shape index (κ1) is 13.2. The van der Waals surface area contributed by atoms with Gasteiger partial charge in [-0.1, -0.05) is 0 Å². The van der Waals surface area contributed by atoms with Gasteiger partial charge in [0.1, 0.15) is 17.8 Å². The van der Waals surface area contributed by atoms with E-state index in [2.05, 4.69) is 15.3 Å². The number of hydrogen-bond acceptors (Lipinski definition) is 7. The summed E-state index contributed by atoms with van der Waals surface area (Å²) in [7, 11) is 2.04. The molecule has 8 heteroatoms. The van der Waals surface area contributed by atoms with Gasteiger partial charge in [-0.15, -0.1) is 0 Å². The van der Waals surface area contributed by atoms with Crippen molar-refractivity contribution in [1.29, 1.82) is 5.26 Å². The maximum Gasteiger partial charge on any atom is 0.289 e. The van der Waals surface area contributed by atoms with Crippen molar-refractivity contribution in [2.24, 2.45) is 0 Å². The third kappa shape index (κ3) is 3.15. The normalized spacial score (nSPS) is 16.8. The Bertz CT molecular complexity index is 518. The highest BCUT2D eigenvalue weighted by Gasteiger charge is 2.17. The first-order valence-corrected chi connectivity index (χ1v) is 5.85. The van der Waals surface area contributed by atoms with Crippen LogP contribution in [0.15, 0.2) is 12.3 Å². The van der Waals surface area contributed by atoms with Gasteiger partial charge in [0.05, 0.1) is 4.92 Å². The van der Waals surface area contributed by atoms with E-state index in [0.29, 0.717) is 5.82 Å². The molecule has 1 aromatic rings. The topological polar surface area (TPSA) is 98.3 Å². The smallest absolute Gasteiger partial charge is 0.289 e. The summed E-state index contributed by atoms with van der Waals surface area (Å²) in [6, 6.07) is 3.15. The van der Waals surface area contributed by atoms with Crippen LogP contribution in [-0.2, 0) is 0 Å². The first-order valence-electron chi connectivity index (χ1n) is 5.85. The quantitative estimate of drug-likeness (QED) is 0.623. The molecule has 0 radical (unpaired) electrons. The van der Waals surface area contributed by atoms with E-state index in [1.54, 1.807) is 0 Å². The largest absolute Gasteiger partial charge is 0.304 e. The number of likely N-dealkylation sites (N-methyl/N-ethyl adjacent to an activating group) is 1. The molecular formula is C11H14N6O2. The summed E-state index contributed by atoms with van der Waals surface area (Å²) in [6.45, 7) is 3.45. The number of nitro groups is 1. The molecular weight excluding hydrogens is 248 g/mol. The van der Waals surface area contributed by atoms with Crippen LogP contribution in [0.4, 0.5) is 11.5 Å². The van der Waals surface area contributed by atoms with Crippen LogP contribution in [0.25, 0.3) is 0 Å². The number of hydrazine groups is 1. The Morgan fingerprint density at radius 3 is 2.74 bits per heavy atom. The minimum Gasteiger partial charge on any atom is -0.304 e. The fraction of sp³-hybridized carbons (Fsp3) is 0.455. The molecule has 1 saturated heterocycles. The SMILES string of the molecule is CN1CCN(Nc2ncc([N+](=O)[O-])cc2C#N)CC1. The molecule has 0 spiro atoms. The fourth-order valence-electron chi connectivity index (χ4n) is 1.80. The summed E-state index contributed by atoms with van der Waals surface area (Å²) < 4.78 is 0. The highest BCUT2D eigenvalue weighted by Crippen LogP contribution is 2.18. The summed E-state index contributed by atoms with van der Waals surface area (Å²) in [5, 5.41) is 21.6. The summed E-state index contributed by atoms with van der Waals surface area (Å²) in [5.41, 5.74) is 3.03. The van der Waals surface area contributed by atoms with Gasteiger partial charge in [-0.3, -0.25) is 10.1 Å². The predicted molar refractivity (Wildman–Crippen MR) is 68.3 cm³/mol. The van der Waals surface area contributed by atoms with Crippen molar-refractivity contribution in [3.8, 4) is 6.07 Å². The van der Waals surface area contributed by atoms with Gasteiger partial charge in [-0.25, -0.2) is 9.99 Å². The lowest BCUT2D eigenvalue weighted by molar-refractivity contribution is -0.385. The molecule has 100 valence electrons. The van der Waals surface area contributed by atoms with E-state index in [1.807, 2.05) is 18.1 Å². The molecule has 19 heavy (non-hydrogen) atoms. The van der Waals surface area contributed by atoms with Crippen molar-refractivity contribution in [2.75, 3.05) is 38.7 Å². The molecule has 2 rings (SSSR count). The molecule has 1 aromatic heterocycles. The van der Waals surface area contributed by atoms with E-state index in [4.69, 9.17) is 5.26 Å². The number of hydrogen-bond donors (Lipinski definition) is 1. The summed E-state index contributed by atoms with van der Waals surface area (Å²) in [5.74, 6) is 0.359. The number of aromatic nitrogens is 1. The second-order valence-corrected chi connectivity index (χ2v) is 4.36. The van der Waals surface area contributed by atoms with Crippen molar-refractivity contribution in [1.82, 2.24) is 14.9 Å². The van der Waals surface area contributed by atoms with Gasteiger partial charge >= 0.3 is 0 Å². The molecule has 0 aliphatic carbocycles. The molecule has 0 atom stereocenters. The van der Waals surface area contributed by atoms with Crippen LogP contribution in [0.3, 0.4) is 0 Å². The molecule has 8 nitrogen and oxygen atoms in total. The molecule has 2 heterocycles. The number of rotatable bonds is 3. The van der Waals surface area contributed by atoms with Crippen LogP contribution < -0.4 is 5.43 Å². The molecule has 0 bridgehead atoms. The third-order valence-electron chi connectivity index (χ3n) is 2.97. The van der Waals surface area contributed by atoms with E-state index >= 15 is 0 Å². The molecule has 1 fully saturated rings. The Morgan fingerprint density at radius 2 is 2.16 bits per heavy atom. The van der Waals surface area contributed by atoms with Crippen molar-refractivity contribution in [3.05, 3.63) is 27.9 Å². The molecule has 0 aromatic carbocycles. The zero-order valence-corrected chi connectivity index (χ0v) is 10.5. The highest BCUT2D eigenvalue weighted by atomic mass is 16.6. The van der Waals surface area contributed by atoms with Crippen molar-refractivity contribution < 1.29 is 4.92 Å². The van der Waals surface area contributed by atoms with Crippen LogP contribution in [-0.4, -0.2) is 53.0 Å². The molecule has 1 aliphatic heterocycles. The van der Waals surface area contributed by atoms with E-state index in [-0.39, 0.29) is 11.3 Å². The number of anilines is 1. The van der Waals surface area contributed by atoms with E-state index in [9.17, 15) is 10.1 Å². The van der Waals surface area contributed by atoms with Crippen LogP contribution in [0.1, 0.15) is 5.56 Å². The van der Waals surface area contributed by atoms with Gasteiger partial charge in [-0.05, 0) is 7.05 Å². The summed E-state index contributed by atoms with van der Waals surface area (Å²) in [4.78, 5) is 16.2. The zero-order valence-electron chi connectivity index (χ0n) is 10.5. The van der Waals surface area contributed by atoms with Crippen LogP contribution in [0, 0.1) is 21.4 Å². The maximum absolute atomic E-state index is 10.6. The molecule has 1 aliphatic rings. The lowest BCUT2D eigenvalue weighted by Gasteiger charge is -2.32. The Hall–Kier alpha value is -2.24. The Morgan fingerprint density at radius 1 is 1.47 bits per heavy atom. The van der Waals surface area contributed by atoms with Gasteiger partial charge in [0, 0.05) is 32.2 Å². The monoisotopic (exact) mass is 262 g/mol. The van der Waals surface area contributed by atoms with Crippen LogP contribution >= 0.6 is 0 Å². The van der Waals surface area contributed by atoms with Gasteiger partial charge in [0.15, 0.2) is 5.82 Å².